The quantitative estimate of drug-likeness (QED) is 0.658. The number of ketones is 1. The number of aromatic nitrogens is 2. The first kappa shape index (κ1) is 14.7. The van der Waals surface area contributed by atoms with Crippen molar-refractivity contribution in [1.82, 2.24) is 9.97 Å². The number of hydrogen-bond donors (Lipinski definition) is 1. The zero-order valence-electron chi connectivity index (χ0n) is 12.0. The predicted octanol–water partition coefficient (Wildman–Crippen LogP) is 4.41. The zero-order chi connectivity index (χ0) is 16.0. The molecule has 0 radical (unpaired) electrons. The number of fused-ring (bicyclic) bond motifs is 2. The molecule has 0 bridgehead atoms. The van der Waals surface area contributed by atoms with E-state index in [0.29, 0.717) is 29.1 Å². The minimum absolute atomic E-state index is 0.0386. The first-order valence-electron chi connectivity index (χ1n) is 7.20. The Morgan fingerprint density at radius 3 is 3.13 bits per heavy atom. The average Bonchev–Trinajstić information content (AvgIpc) is 2.96. The Balaban J connectivity index is 1.66. The van der Waals surface area contributed by atoms with Crippen LogP contribution in [0.1, 0.15) is 15.9 Å². The molecule has 1 aromatic carbocycles. The van der Waals surface area contributed by atoms with Crippen molar-refractivity contribution in [3.05, 3.63) is 57.3 Å². The second kappa shape index (κ2) is 5.65. The summed E-state index contributed by atoms with van der Waals surface area (Å²) in [4.78, 5) is 20.3. The van der Waals surface area contributed by atoms with Crippen molar-refractivity contribution in [1.29, 1.82) is 0 Å². The molecule has 23 heavy (non-hydrogen) atoms. The fourth-order valence-corrected chi connectivity index (χ4v) is 3.45. The van der Waals surface area contributed by atoms with E-state index < -0.39 is 0 Å². The van der Waals surface area contributed by atoms with Gasteiger partial charge in [0.25, 0.3) is 0 Å². The van der Waals surface area contributed by atoms with Gasteiger partial charge in [-0.1, -0.05) is 11.6 Å². The van der Waals surface area contributed by atoms with Gasteiger partial charge < -0.3 is 9.72 Å². The summed E-state index contributed by atoms with van der Waals surface area (Å²) in [7, 11) is 0. The number of benzene rings is 1. The Morgan fingerprint density at radius 1 is 1.39 bits per heavy atom. The number of H-pyrrole nitrogens is 1. The molecule has 3 aromatic rings. The third-order valence-electron chi connectivity index (χ3n) is 4.05. The molecule has 1 aliphatic rings. The number of carbonyl (C=O) groups excluding carboxylic acids is 1. The van der Waals surface area contributed by atoms with Crippen molar-refractivity contribution >= 4 is 44.3 Å². The van der Waals surface area contributed by atoms with Crippen LogP contribution in [0.4, 0.5) is 0 Å². The third kappa shape index (κ3) is 2.64. The number of hydrogen-bond acceptors (Lipinski definition) is 3. The summed E-state index contributed by atoms with van der Waals surface area (Å²) >= 11 is 9.42. The van der Waals surface area contributed by atoms with Gasteiger partial charge in [0.05, 0.1) is 29.1 Å². The van der Waals surface area contributed by atoms with Crippen molar-refractivity contribution in [2.75, 3.05) is 6.61 Å². The molecule has 0 saturated heterocycles. The van der Waals surface area contributed by atoms with Crippen molar-refractivity contribution < 1.29 is 9.53 Å². The summed E-state index contributed by atoms with van der Waals surface area (Å²) in [5.41, 5.74) is 3.10. The Bertz CT molecular complexity index is 922. The number of halogens is 2. The first-order valence-corrected chi connectivity index (χ1v) is 8.37. The molecule has 1 N–H and O–H groups in total. The maximum atomic E-state index is 12.9. The Morgan fingerprint density at radius 2 is 2.26 bits per heavy atom. The molecular weight excluding hydrogens is 380 g/mol. The van der Waals surface area contributed by atoms with Gasteiger partial charge in [-0.15, -0.1) is 0 Å². The van der Waals surface area contributed by atoms with E-state index in [9.17, 15) is 4.79 Å². The van der Waals surface area contributed by atoms with Crippen LogP contribution in [0.5, 0.6) is 5.75 Å². The fraction of sp³-hybridized carbons (Fsp3) is 0.176. The number of Topliss-reactive ketones (excluding diaryl/α,β-unsaturated/α-hetero) is 1. The summed E-state index contributed by atoms with van der Waals surface area (Å²) in [6, 6.07) is 7.42. The van der Waals surface area contributed by atoms with Gasteiger partial charge in [0.15, 0.2) is 5.78 Å². The number of rotatable bonds is 2. The molecule has 0 spiro atoms. The molecular formula is C17H12BrClN2O2. The number of nitrogens with one attached hydrogen (secondary N) is 1. The van der Waals surface area contributed by atoms with Crippen molar-refractivity contribution in [3.8, 4) is 5.75 Å². The lowest BCUT2D eigenvalue weighted by molar-refractivity contribution is 0.0857. The van der Waals surface area contributed by atoms with Crippen LogP contribution in [-0.4, -0.2) is 22.4 Å². The molecule has 2 aromatic heterocycles. The Kier molecular flexibility index (Phi) is 3.62. The van der Waals surface area contributed by atoms with E-state index in [0.717, 1.165) is 21.3 Å². The Labute approximate surface area is 145 Å². The smallest absolute Gasteiger partial charge is 0.173 e. The van der Waals surface area contributed by atoms with Gasteiger partial charge in [0.2, 0.25) is 0 Å². The topological polar surface area (TPSA) is 55.0 Å². The molecule has 116 valence electrons. The summed E-state index contributed by atoms with van der Waals surface area (Å²) in [5, 5.41) is 0.652. The largest absolute Gasteiger partial charge is 0.493 e. The van der Waals surface area contributed by atoms with Crippen LogP contribution in [0, 0.1) is 5.92 Å². The third-order valence-corrected chi connectivity index (χ3v) is 4.72. The van der Waals surface area contributed by atoms with Crippen LogP contribution in [0.15, 0.2) is 41.1 Å². The molecule has 4 rings (SSSR count). The molecule has 0 aliphatic carbocycles. The van der Waals surface area contributed by atoms with E-state index in [1.54, 1.807) is 18.5 Å². The summed E-state index contributed by atoms with van der Waals surface area (Å²) in [6.07, 6.45) is 4.04. The van der Waals surface area contributed by atoms with Crippen LogP contribution >= 0.6 is 27.5 Å². The summed E-state index contributed by atoms with van der Waals surface area (Å²) < 4.78 is 6.59. The highest BCUT2D eigenvalue weighted by atomic mass is 79.9. The van der Waals surface area contributed by atoms with Gasteiger partial charge >= 0.3 is 0 Å². The van der Waals surface area contributed by atoms with E-state index in [4.69, 9.17) is 16.3 Å². The highest BCUT2D eigenvalue weighted by Crippen LogP contribution is 2.32. The van der Waals surface area contributed by atoms with Crippen LogP contribution in [0.25, 0.3) is 11.0 Å². The molecule has 6 heteroatoms. The van der Waals surface area contributed by atoms with Gasteiger partial charge in [-0.2, -0.15) is 0 Å². The van der Waals surface area contributed by atoms with Crippen molar-refractivity contribution in [3.63, 3.8) is 0 Å². The van der Waals surface area contributed by atoms with Gasteiger partial charge in [0, 0.05) is 21.9 Å². The van der Waals surface area contributed by atoms with E-state index in [2.05, 4.69) is 25.9 Å². The molecule has 3 heterocycles. The molecule has 1 unspecified atom stereocenters. The highest BCUT2D eigenvalue weighted by Gasteiger charge is 2.28. The predicted molar refractivity (Wildman–Crippen MR) is 92.3 cm³/mol. The molecule has 4 nitrogen and oxygen atoms in total. The first-order chi connectivity index (χ1) is 11.1. The zero-order valence-corrected chi connectivity index (χ0v) is 14.3. The van der Waals surface area contributed by atoms with Crippen LogP contribution < -0.4 is 4.74 Å². The van der Waals surface area contributed by atoms with E-state index in [1.807, 2.05) is 18.2 Å². The van der Waals surface area contributed by atoms with Crippen molar-refractivity contribution in [2.45, 2.75) is 6.42 Å². The number of pyridine rings is 1. The highest BCUT2D eigenvalue weighted by molar-refractivity contribution is 9.10. The lowest BCUT2D eigenvalue weighted by atomic mass is 9.90. The normalized spacial score (nSPS) is 16.9. The lowest BCUT2D eigenvalue weighted by Crippen LogP contribution is -2.28. The summed E-state index contributed by atoms with van der Waals surface area (Å²) in [6.45, 7) is 0.372. The van der Waals surface area contributed by atoms with Gasteiger partial charge in [-0.05, 0) is 52.2 Å². The minimum Gasteiger partial charge on any atom is -0.493 e. The SMILES string of the molecule is O=C(c1c[nH]c2cc(Br)cnc12)C1COc2ccc(Cl)cc2C1. The maximum Gasteiger partial charge on any atom is 0.173 e. The molecule has 1 atom stereocenters. The number of ether oxygens (including phenoxy) is 1. The van der Waals surface area contributed by atoms with Gasteiger partial charge in [-0.25, -0.2) is 0 Å². The second-order valence-electron chi connectivity index (χ2n) is 5.58. The minimum atomic E-state index is -0.231. The van der Waals surface area contributed by atoms with Crippen LogP contribution in [-0.2, 0) is 6.42 Å². The molecule has 1 aliphatic heterocycles. The van der Waals surface area contributed by atoms with E-state index in [1.165, 1.54) is 0 Å². The molecule has 0 fully saturated rings. The van der Waals surface area contributed by atoms with Gasteiger partial charge in [0.1, 0.15) is 5.75 Å². The van der Waals surface area contributed by atoms with Gasteiger partial charge in [-0.3, -0.25) is 9.78 Å². The molecule has 0 saturated carbocycles. The van der Waals surface area contributed by atoms with Crippen molar-refractivity contribution in [2.24, 2.45) is 5.92 Å². The Hall–Kier alpha value is -1.85. The fourth-order valence-electron chi connectivity index (χ4n) is 2.92. The maximum absolute atomic E-state index is 12.9. The second-order valence-corrected chi connectivity index (χ2v) is 6.93. The van der Waals surface area contributed by atoms with Crippen LogP contribution in [0.3, 0.4) is 0 Å². The number of nitrogens with zero attached hydrogens (tertiary/aromatic N) is 1. The summed E-state index contributed by atoms with van der Waals surface area (Å²) in [5.74, 6) is 0.613. The number of carbonyl (C=O) groups is 1. The van der Waals surface area contributed by atoms with E-state index in [-0.39, 0.29) is 11.7 Å². The lowest BCUT2D eigenvalue weighted by Gasteiger charge is -2.24. The van der Waals surface area contributed by atoms with Crippen LogP contribution in [0.2, 0.25) is 5.02 Å². The molecule has 0 amide bonds. The number of aromatic amines is 1. The standard InChI is InChI=1S/C17H12BrClN2O2/c18-11-5-14-16(21-6-11)13(7-20-14)17(22)10-3-9-4-12(19)1-2-15(9)23-8-10/h1-2,4-7,10,20H,3,8H2. The average molecular weight is 392 g/mol. The van der Waals surface area contributed by atoms with E-state index >= 15 is 0 Å². The monoisotopic (exact) mass is 390 g/mol.